The molecule has 1 aliphatic rings. The first-order valence-electron chi connectivity index (χ1n) is 5.21. The summed E-state index contributed by atoms with van der Waals surface area (Å²) in [4.78, 5) is 11.6. The Balaban J connectivity index is 2.25. The summed E-state index contributed by atoms with van der Waals surface area (Å²) in [5.41, 5.74) is 1.99. The topological polar surface area (TPSA) is 26.3 Å². The highest BCUT2D eigenvalue weighted by Crippen LogP contribution is 2.25. The van der Waals surface area contributed by atoms with Crippen molar-refractivity contribution in [2.24, 2.45) is 0 Å². The van der Waals surface area contributed by atoms with Gasteiger partial charge < -0.3 is 4.74 Å². The van der Waals surface area contributed by atoms with E-state index in [1.165, 1.54) is 0 Å². The number of carbonyl (C=O) groups excluding carboxylic acids is 1. The molecule has 1 aromatic carbocycles. The SMILES string of the molecule is C=CCOc1ccc2c(c1)CCCC2=O. The van der Waals surface area contributed by atoms with Crippen LogP contribution in [0.2, 0.25) is 0 Å². The molecule has 0 atom stereocenters. The first kappa shape index (κ1) is 9.97. The second kappa shape index (κ2) is 4.30. The van der Waals surface area contributed by atoms with Crippen molar-refractivity contribution in [3.05, 3.63) is 42.0 Å². The number of fused-ring (bicyclic) bond motifs is 1. The van der Waals surface area contributed by atoms with E-state index in [1.54, 1.807) is 6.08 Å². The van der Waals surface area contributed by atoms with E-state index in [9.17, 15) is 4.79 Å². The molecule has 0 fully saturated rings. The van der Waals surface area contributed by atoms with Crippen molar-refractivity contribution in [2.75, 3.05) is 6.61 Å². The van der Waals surface area contributed by atoms with Gasteiger partial charge in [0.25, 0.3) is 0 Å². The van der Waals surface area contributed by atoms with E-state index in [-0.39, 0.29) is 5.78 Å². The number of ketones is 1. The number of carbonyl (C=O) groups is 1. The number of aryl methyl sites for hydroxylation is 1. The molecule has 0 N–H and O–H groups in total. The fourth-order valence-corrected chi connectivity index (χ4v) is 1.87. The highest BCUT2D eigenvalue weighted by Gasteiger charge is 2.16. The van der Waals surface area contributed by atoms with Crippen molar-refractivity contribution in [2.45, 2.75) is 19.3 Å². The van der Waals surface area contributed by atoms with Gasteiger partial charge in [-0.2, -0.15) is 0 Å². The molecule has 1 aromatic rings. The van der Waals surface area contributed by atoms with E-state index in [2.05, 4.69) is 6.58 Å². The van der Waals surface area contributed by atoms with Gasteiger partial charge in [0.2, 0.25) is 0 Å². The first-order valence-corrected chi connectivity index (χ1v) is 5.21. The van der Waals surface area contributed by atoms with Crippen LogP contribution < -0.4 is 4.74 Å². The normalized spacial score (nSPS) is 14.5. The molecule has 15 heavy (non-hydrogen) atoms. The quantitative estimate of drug-likeness (QED) is 0.704. The van der Waals surface area contributed by atoms with E-state index >= 15 is 0 Å². The molecule has 2 rings (SSSR count). The van der Waals surface area contributed by atoms with Crippen molar-refractivity contribution in [1.29, 1.82) is 0 Å². The molecule has 0 radical (unpaired) electrons. The Morgan fingerprint density at radius 2 is 2.27 bits per heavy atom. The molecule has 0 saturated carbocycles. The highest BCUT2D eigenvalue weighted by molar-refractivity contribution is 5.98. The predicted octanol–water partition coefficient (Wildman–Crippen LogP) is 2.77. The van der Waals surface area contributed by atoms with Gasteiger partial charge in [0.1, 0.15) is 12.4 Å². The number of benzene rings is 1. The van der Waals surface area contributed by atoms with Crippen LogP contribution in [-0.2, 0) is 6.42 Å². The minimum absolute atomic E-state index is 0.256. The van der Waals surface area contributed by atoms with Crippen LogP contribution in [0, 0.1) is 0 Å². The number of hydrogen-bond donors (Lipinski definition) is 0. The number of Topliss-reactive ketones (excluding diaryl/α,β-unsaturated/α-hetero) is 1. The van der Waals surface area contributed by atoms with E-state index in [0.717, 1.165) is 29.7 Å². The summed E-state index contributed by atoms with van der Waals surface area (Å²) in [7, 11) is 0. The summed E-state index contributed by atoms with van der Waals surface area (Å²) >= 11 is 0. The Kier molecular flexibility index (Phi) is 2.86. The molecule has 0 unspecified atom stereocenters. The molecule has 0 saturated heterocycles. The molecular formula is C13H14O2. The number of rotatable bonds is 3. The van der Waals surface area contributed by atoms with Crippen molar-refractivity contribution in [1.82, 2.24) is 0 Å². The second-order valence-electron chi connectivity index (χ2n) is 3.70. The third-order valence-electron chi connectivity index (χ3n) is 2.59. The summed E-state index contributed by atoms with van der Waals surface area (Å²) in [5, 5.41) is 0. The minimum Gasteiger partial charge on any atom is -0.490 e. The fraction of sp³-hybridized carbons (Fsp3) is 0.308. The maximum atomic E-state index is 11.6. The number of ether oxygens (including phenoxy) is 1. The van der Waals surface area contributed by atoms with Crippen molar-refractivity contribution < 1.29 is 9.53 Å². The largest absolute Gasteiger partial charge is 0.490 e. The molecule has 0 aromatic heterocycles. The van der Waals surface area contributed by atoms with Crippen LogP contribution in [0.4, 0.5) is 0 Å². The van der Waals surface area contributed by atoms with E-state index in [0.29, 0.717) is 13.0 Å². The van der Waals surface area contributed by atoms with Crippen LogP contribution in [0.15, 0.2) is 30.9 Å². The lowest BCUT2D eigenvalue weighted by molar-refractivity contribution is 0.0972. The lowest BCUT2D eigenvalue weighted by Gasteiger charge is -2.15. The van der Waals surface area contributed by atoms with Crippen LogP contribution >= 0.6 is 0 Å². The molecule has 0 amide bonds. The van der Waals surface area contributed by atoms with E-state index in [4.69, 9.17) is 4.74 Å². The van der Waals surface area contributed by atoms with Gasteiger partial charge in [-0.1, -0.05) is 12.7 Å². The predicted molar refractivity (Wildman–Crippen MR) is 59.4 cm³/mol. The maximum absolute atomic E-state index is 11.6. The summed E-state index contributed by atoms with van der Waals surface area (Å²) in [6, 6.07) is 5.69. The van der Waals surface area contributed by atoms with Gasteiger partial charge in [-0.15, -0.1) is 0 Å². The zero-order valence-electron chi connectivity index (χ0n) is 8.66. The first-order chi connectivity index (χ1) is 7.31. The zero-order chi connectivity index (χ0) is 10.7. The molecule has 1 aliphatic carbocycles. The zero-order valence-corrected chi connectivity index (χ0v) is 8.66. The minimum atomic E-state index is 0.256. The van der Waals surface area contributed by atoms with Crippen LogP contribution in [0.25, 0.3) is 0 Å². The Labute approximate surface area is 89.6 Å². The van der Waals surface area contributed by atoms with Gasteiger partial charge in [-0.3, -0.25) is 4.79 Å². The van der Waals surface area contributed by atoms with Crippen LogP contribution in [0.1, 0.15) is 28.8 Å². The lowest BCUT2D eigenvalue weighted by Crippen LogP contribution is -2.10. The molecule has 78 valence electrons. The van der Waals surface area contributed by atoms with Gasteiger partial charge in [-0.05, 0) is 36.6 Å². The summed E-state index contributed by atoms with van der Waals surface area (Å²) in [6.45, 7) is 4.10. The molecule has 2 heteroatoms. The van der Waals surface area contributed by atoms with Crippen LogP contribution in [-0.4, -0.2) is 12.4 Å². The lowest BCUT2D eigenvalue weighted by atomic mass is 9.91. The van der Waals surface area contributed by atoms with Gasteiger partial charge in [0, 0.05) is 12.0 Å². The molecule has 0 spiro atoms. The summed E-state index contributed by atoms with van der Waals surface area (Å²) in [6.07, 6.45) is 4.33. The Morgan fingerprint density at radius 1 is 1.40 bits per heavy atom. The summed E-state index contributed by atoms with van der Waals surface area (Å²) in [5.74, 6) is 1.08. The molecule has 0 aliphatic heterocycles. The Hall–Kier alpha value is -1.57. The van der Waals surface area contributed by atoms with Gasteiger partial charge >= 0.3 is 0 Å². The third kappa shape index (κ3) is 2.09. The van der Waals surface area contributed by atoms with Crippen molar-refractivity contribution in [3.63, 3.8) is 0 Å². The molecule has 2 nitrogen and oxygen atoms in total. The fourth-order valence-electron chi connectivity index (χ4n) is 1.87. The van der Waals surface area contributed by atoms with Gasteiger partial charge in [0.15, 0.2) is 5.78 Å². The maximum Gasteiger partial charge on any atom is 0.163 e. The molecule has 0 heterocycles. The summed E-state index contributed by atoms with van der Waals surface area (Å²) < 4.78 is 5.43. The monoisotopic (exact) mass is 202 g/mol. The highest BCUT2D eigenvalue weighted by atomic mass is 16.5. The van der Waals surface area contributed by atoms with Gasteiger partial charge in [-0.25, -0.2) is 0 Å². The van der Waals surface area contributed by atoms with Crippen molar-refractivity contribution in [3.8, 4) is 5.75 Å². The number of hydrogen-bond acceptors (Lipinski definition) is 2. The third-order valence-corrected chi connectivity index (χ3v) is 2.59. The van der Waals surface area contributed by atoms with Crippen LogP contribution in [0.3, 0.4) is 0 Å². The van der Waals surface area contributed by atoms with Gasteiger partial charge in [0.05, 0.1) is 0 Å². The average Bonchev–Trinajstić information content (AvgIpc) is 2.26. The molecule has 0 bridgehead atoms. The van der Waals surface area contributed by atoms with Crippen LogP contribution in [0.5, 0.6) is 5.75 Å². The Morgan fingerprint density at radius 3 is 3.07 bits per heavy atom. The Bertz CT molecular complexity index is 394. The smallest absolute Gasteiger partial charge is 0.163 e. The standard InChI is InChI=1S/C13H14O2/c1-2-8-15-11-6-7-12-10(9-11)4-3-5-13(12)14/h2,6-7,9H,1,3-5,8H2. The van der Waals surface area contributed by atoms with E-state index in [1.807, 2.05) is 18.2 Å². The molecular weight excluding hydrogens is 188 g/mol. The second-order valence-corrected chi connectivity index (χ2v) is 3.70. The average molecular weight is 202 g/mol. The van der Waals surface area contributed by atoms with Crippen molar-refractivity contribution >= 4 is 5.78 Å². The van der Waals surface area contributed by atoms with E-state index < -0.39 is 0 Å².